The molecule has 102 valence electrons. The third kappa shape index (κ3) is 1.80. The predicted octanol–water partition coefficient (Wildman–Crippen LogP) is 2.61. The maximum atomic E-state index is 6.06. The molecule has 2 N–H and O–H groups in total. The predicted molar refractivity (Wildman–Crippen MR) is 74.7 cm³/mol. The van der Waals surface area contributed by atoms with E-state index in [0.29, 0.717) is 29.4 Å². The normalized spacial score (nSPS) is 21.6. The maximum absolute atomic E-state index is 6.06. The summed E-state index contributed by atoms with van der Waals surface area (Å²) >= 11 is 0. The Balaban J connectivity index is 2.15. The van der Waals surface area contributed by atoms with E-state index in [1.165, 1.54) is 12.8 Å². The van der Waals surface area contributed by atoms with Gasteiger partial charge in [0.2, 0.25) is 5.95 Å². The first-order valence-corrected chi connectivity index (χ1v) is 6.59. The van der Waals surface area contributed by atoms with Crippen molar-refractivity contribution in [1.29, 1.82) is 0 Å². The van der Waals surface area contributed by atoms with Gasteiger partial charge in [0.1, 0.15) is 0 Å². The molecule has 0 aliphatic heterocycles. The minimum absolute atomic E-state index is 0.480. The molecule has 1 aliphatic rings. The highest BCUT2D eigenvalue weighted by atomic mass is 16.5. The second-order valence-corrected chi connectivity index (χ2v) is 5.01. The molecule has 0 amide bonds. The average molecular weight is 261 g/mol. The number of hydrogen-bond donors (Lipinski definition) is 1. The van der Waals surface area contributed by atoms with Crippen LogP contribution >= 0.6 is 0 Å². The first-order valence-electron chi connectivity index (χ1n) is 6.59. The second-order valence-electron chi connectivity index (χ2n) is 5.01. The molecular formula is C14H19N3O2. The molecule has 0 saturated heterocycles. The highest BCUT2D eigenvalue weighted by Crippen LogP contribution is 2.48. The van der Waals surface area contributed by atoms with Crippen LogP contribution in [0.4, 0.5) is 5.95 Å². The van der Waals surface area contributed by atoms with E-state index >= 15 is 0 Å². The summed E-state index contributed by atoms with van der Waals surface area (Å²) in [6.45, 7) is 2.21. The zero-order chi connectivity index (χ0) is 13.6. The molecule has 1 saturated carbocycles. The SMILES string of the molecule is CCC1CC1n1c(N)nc2cc(OC)c(OC)cc21. The number of ether oxygens (including phenoxy) is 2. The number of nitrogens with zero attached hydrogens (tertiary/aromatic N) is 2. The summed E-state index contributed by atoms with van der Waals surface area (Å²) in [6.07, 6.45) is 2.36. The van der Waals surface area contributed by atoms with E-state index in [1.807, 2.05) is 12.1 Å². The van der Waals surface area contributed by atoms with Crippen molar-refractivity contribution in [2.45, 2.75) is 25.8 Å². The summed E-state index contributed by atoms with van der Waals surface area (Å²) in [7, 11) is 3.26. The Morgan fingerprint density at radius 1 is 1.32 bits per heavy atom. The van der Waals surface area contributed by atoms with Crippen LogP contribution in [0.2, 0.25) is 0 Å². The largest absolute Gasteiger partial charge is 0.493 e. The summed E-state index contributed by atoms with van der Waals surface area (Å²) < 4.78 is 12.8. The van der Waals surface area contributed by atoms with Crippen LogP contribution in [0.15, 0.2) is 12.1 Å². The molecule has 1 fully saturated rings. The van der Waals surface area contributed by atoms with Crippen LogP contribution in [0.25, 0.3) is 11.0 Å². The fourth-order valence-corrected chi connectivity index (χ4v) is 2.78. The Labute approximate surface area is 112 Å². The highest BCUT2D eigenvalue weighted by molar-refractivity contribution is 5.82. The van der Waals surface area contributed by atoms with Crippen molar-refractivity contribution < 1.29 is 9.47 Å². The molecule has 0 spiro atoms. The minimum Gasteiger partial charge on any atom is -0.493 e. The molecule has 2 unspecified atom stereocenters. The van der Waals surface area contributed by atoms with Gasteiger partial charge in [0.15, 0.2) is 11.5 Å². The number of methoxy groups -OCH3 is 2. The van der Waals surface area contributed by atoms with Gasteiger partial charge in [-0.15, -0.1) is 0 Å². The minimum atomic E-state index is 0.480. The van der Waals surface area contributed by atoms with Crippen molar-refractivity contribution in [3.63, 3.8) is 0 Å². The van der Waals surface area contributed by atoms with E-state index in [1.54, 1.807) is 14.2 Å². The molecular weight excluding hydrogens is 242 g/mol. The van der Waals surface area contributed by atoms with Gasteiger partial charge in [-0.3, -0.25) is 0 Å². The Morgan fingerprint density at radius 2 is 2.00 bits per heavy atom. The van der Waals surface area contributed by atoms with Crippen LogP contribution in [0.3, 0.4) is 0 Å². The number of nitrogen functional groups attached to an aromatic ring is 1. The van der Waals surface area contributed by atoms with E-state index in [9.17, 15) is 0 Å². The topological polar surface area (TPSA) is 62.3 Å². The zero-order valence-electron chi connectivity index (χ0n) is 11.5. The number of aromatic nitrogens is 2. The van der Waals surface area contributed by atoms with E-state index in [-0.39, 0.29) is 0 Å². The fourth-order valence-electron chi connectivity index (χ4n) is 2.78. The van der Waals surface area contributed by atoms with Crippen molar-refractivity contribution >= 4 is 17.0 Å². The smallest absolute Gasteiger partial charge is 0.201 e. The molecule has 1 aromatic carbocycles. The Morgan fingerprint density at radius 3 is 2.58 bits per heavy atom. The number of nitrogens with two attached hydrogens (primary N) is 1. The number of hydrogen-bond acceptors (Lipinski definition) is 4. The standard InChI is InChI=1S/C14H19N3O2/c1-4-8-5-10(8)17-11-7-13(19-3)12(18-2)6-9(11)16-14(17)15/h6-8,10H,4-5H2,1-3H3,(H2,15,16). The van der Waals surface area contributed by atoms with Crippen LogP contribution in [-0.4, -0.2) is 23.8 Å². The van der Waals surface area contributed by atoms with Gasteiger partial charge in [-0.1, -0.05) is 13.3 Å². The van der Waals surface area contributed by atoms with Gasteiger partial charge >= 0.3 is 0 Å². The van der Waals surface area contributed by atoms with E-state index in [0.717, 1.165) is 11.0 Å². The number of rotatable bonds is 4. The Hall–Kier alpha value is -1.91. The lowest BCUT2D eigenvalue weighted by atomic mass is 10.2. The third-order valence-electron chi connectivity index (χ3n) is 3.96. The summed E-state index contributed by atoms with van der Waals surface area (Å²) in [5.41, 5.74) is 7.95. The van der Waals surface area contributed by atoms with Gasteiger partial charge in [0.25, 0.3) is 0 Å². The first kappa shape index (κ1) is 12.1. The van der Waals surface area contributed by atoms with Gasteiger partial charge in [0.05, 0.1) is 25.3 Å². The number of fused-ring (bicyclic) bond motifs is 1. The Kier molecular flexibility index (Phi) is 2.77. The number of imidazole rings is 1. The van der Waals surface area contributed by atoms with Gasteiger partial charge in [0, 0.05) is 18.2 Å². The molecule has 2 aromatic rings. The summed E-state index contributed by atoms with van der Waals surface area (Å²) in [4.78, 5) is 4.43. The average Bonchev–Trinajstić information content (AvgIpc) is 3.12. The quantitative estimate of drug-likeness (QED) is 0.919. The van der Waals surface area contributed by atoms with Crippen molar-refractivity contribution in [2.24, 2.45) is 5.92 Å². The summed E-state index contributed by atoms with van der Waals surface area (Å²) in [5.74, 6) is 2.69. The molecule has 1 aliphatic carbocycles. The zero-order valence-corrected chi connectivity index (χ0v) is 11.5. The second kappa shape index (κ2) is 4.33. The fraction of sp³-hybridized carbons (Fsp3) is 0.500. The maximum Gasteiger partial charge on any atom is 0.201 e. The number of anilines is 1. The monoisotopic (exact) mass is 261 g/mol. The van der Waals surface area contributed by atoms with Crippen molar-refractivity contribution in [3.8, 4) is 11.5 Å². The van der Waals surface area contributed by atoms with Gasteiger partial charge < -0.3 is 19.8 Å². The molecule has 5 heteroatoms. The molecule has 1 heterocycles. The van der Waals surface area contributed by atoms with Crippen molar-refractivity contribution in [2.75, 3.05) is 20.0 Å². The van der Waals surface area contributed by atoms with Crippen molar-refractivity contribution in [3.05, 3.63) is 12.1 Å². The highest BCUT2D eigenvalue weighted by Gasteiger charge is 2.39. The molecule has 0 bridgehead atoms. The molecule has 19 heavy (non-hydrogen) atoms. The first-order chi connectivity index (χ1) is 9.19. The summed E-state index contributed by atoms with van der Waals surface area (Å²) in [6, 6.07) is 4.32. The Bertz CT molecular complexity index is 621. The van der Waals surface area contributed by atoms with E-state index < -0.39 is 0 Å². The lowest BCUT2D eigenvalue weighted by molar-refractivity contribution is 0.355. The molecule has 3 rings (SSSR count). The van der Waals surface area contributed by atoms with Crippen LogP contribution in [-0.2, 0) is 0 Å². The summed E-state index contributed by atoms with van der Waals surface area (Å²) in [5, 5.41) is 0. The third-order valence-corrected chi connectivity index (χ3v) is 3.96. The molecule has 2 atom stereocenters. The van der Waals surface area contributed by atoms with Crippen LogP contribution in [0.5, 0.6) is 11.5 Å². The molecule has 1 aromatic heterocycles. The van der Waals surface area contributed by atoms with Crippen LogP contribution in [0, 0.1) is 5.92 Å². The van der Waals surface area contributed by atoms with Gasteiger partial charge in [-0.25, -0.2) is 4.98 Å². The van der Waals surface area contributed by atoms with Gasteiger partial charge in [-0.05, 0) is 12.3 Å². The van der Waals surface area contributed by atoms with Crippen molar-refractivity contribution in [1.82, 2.24) is 9.55 Å². The van der Waals surface area contributed by atoms with Crippen LogP contribution in [0.1, 0.15) is 25.8 Å². The van der Waals surface area contributed by atoms with Gasteiger partial charge in [-0.2, -0.15) is 0 Å². The lowest BCUT2D eigenvalue weighted by Crippen LogP contribution is -2.02. The molecule has 5 nitrogen and oxygen atoms in total. The lowest BCUT2D eigenvalue weighted by Gasteiger charge is -2.09. The number of benzene rings is 1. The van der Waals surface area contributed by atoms with E-state index in [2.05, 4.69) is 16.5 Å². The molecule has 0 radical (unpaired) electrons. The van der Waals surface area contributed by atoms with E-state index in [4.69, 9.17) is 15.2 Å². The van der Waals surface area contributed by atoms with Crippen LogP contribution < -0.4 is 15.2 Å².